The summed E-state index contributed by atoms with van der Waals surface area (Å²) in [5.74, 6) is -2.62. The van der Waals surface area contributed by atoms with Crippen LogP contribution in [0.25, 0.3) is 0 Å². The SMILES string of the molecule is NCCC1CCCCN1C(=O)C1CCCCC1C(F)(F)F. The number of carbonyl (C=O) groups excluding carboxylic acids is 1. The summed E-state index contributed by atoms with van der Waals surface area (Å²) in [5, 5.41) is 0. The first-order valence-corrected chi connectivity index (χ1v) is 8.02. The maximum absolute atomic E-state index is 13.2. The maximum Gasteiger partial charge on any atom is 0.392 e. The van der Waals surface area contributed by atoms with Crippen molar-refractivity contribution in [3.05, 3.63) is 0 Å². The molecule has 3 atom stereocenters. The van der Waals surface area contributed by atoms with E-state index in [1.807, 2.05) is 0 Å². The Hall–Kier alpha value is -0.780. The van der Waals surface area contributed by atoms with Gasteiger partial charge in [0.25, 0.3) is 0 Å². The van der Waals surface area contributed by atoms with Crippen molar-refractivity contribution in [1.82, 2.24) is 4.90 Å². The normalized spacial score (nSPS) is 31.2. The summed E-state index contributed by atoms with van der Waals surface area (Å²) in [7, 11) is 0. The Morgan fingerprint density at radius 2 is 1.76 bits per heavy atom. The van der Waals surface area contributed by atoms with Crippen molar-refractivity contribution in [2.45, 2.75) is 63.6 Å². The third-order valence-electron chi connectivity index (χ3n) is 4.91. The molecule has 0 spiro atoms. The summed E-state index contributed by atoms with van der Waals surface area (Å²) in [6, 6.07) is 0.0343. The average Bonchev–Trinajstić information content (AvgIpc) is 2.46. The van der Waals surface area contributed by atoms with Gasteiger partial charge in [-0.3, -0.25) is 4.79 Å². The van der Waals surface area contributed by atoms with Gasteiger partial charge in [-0.1, -0.05) is 12.8 Å². The van der Waals surface area contributed by atoms with Crippen LogP contribution in [-0.2, 0) is 4.79 Å². The third kappa shape index (κ3) is 3.90. The number of nitrogens with two attached hydrogens (primary N) is 1. The smallest absolute Gasteiger partial charge is 0.339 e. The van der Waals surface area contributed by atoms with E-state index in [9.17, 15) is 18.0 Å². The summed E-state index contributed by atoms with van der Waals surface area (Å²) < 4.78 is 39.5. The van der Waals surface area contributed by atoms with Crippen LogP contribution in [-0.4, -0.2) is 36.1 Å². The van der Waals surface area contributed by atoms with E-state index in [-0.39, 0.29) is 18.4 Å². The van der Waals surface area contributed by atoms with E-state index < -0.39 is 18.0 Å². The number of rotatable bonds is 3. The molecule has 0 aromatic carbocycles. The van der Waals surface area contributed by atoms with Gasteiger partial charge in [-0.25, -0.2) is 0 Å². The summed E-state index contributed by atoms with van der Waals surface area (Å²) in [5.41, 5.74) is 5.58. The quantitative estimate of drug-likeness (QED) is 0.871. The van der Waals surface area contributed by atoms with Crippen molar-refractivity contribution < 1.29 is 18.0 Å². The van der Waals surface area contributed by atoms with Crippen molar-refractivity contribution in [2.24, 2.45) is 17.6 Å². The minimum Gasteiger partial charge on any atom is -0.339 e. The molecule has 0 radical (unpaired) electrons. The molecule has 0 bridgehead atoms. The minimum atomic E-state index is -4.26. The highest BCUT2D eigenvalue weighted by Crippen LogP contribution is 2.42. The zero-order valence-electron chi connectivity index (χ0n) is 12.4. The van der Waals surface area contributed by atoms with Crippen LogP contribution in [0.1, 0.15) is 51.4 Å². The summed E-state index contributed by atoms with van der Waals surface area (Å²) in [6.45, 7) is 1.06. The lowest BCUT2D eigenvalue weighted by atomic mass is 9.77. The highest BCUT2D eigenvalue weighted by atomic mass is 19.4. The summed E-state index contributed by atoms with van der Waals surface area (Å²) in [4.78, 5) is 14.4. The topological polar surface area (TPSA) is 46.3 Å². The number of hydrogen-bond donors (Lipinski definition) is 1. The van der Waals surface area contributed by atoms with E-state index in [0.717, 1.165) is 25.7 Å². The fraction of sp³-hybridized carbons (Fsp3) is 0.933. The Balaban J connectivity index is 2.11. The van der Waals surface area contributed by atoms with Gasteiger partial charge in [0.15, 0.2) is 0 Å². The molecule has 3 unspecified atom stereocenters. The lowest BCUT2D eigenvalue weighted by Crippen LogP contribution is -2.50. The van der Waals surface area contributed by atoms with E-state index in [4.69, 9.17) is 5.73 Å². The average molecular weight is 306 g/mol. The van der Waals surface area contributed by atoms with E-state index in [1.54, 1.807) is 4.90 Å². The fourth-order valence-electron chi connectivity index (χ4n) is 3.81. The number of amides is 1. The molecule has 2 fully saturated rings. The Kier molecular flexibility index (Phi) is 5.52. The second-order valence-electron chi connectivity index (χ2n) is 6.30. The first kappa shape index (κ1) is 16.6. The number of piperidine rings is 1. The largest absolute Gasteiger partial charge is 0.392 e. The van der Waals surface area contributed by atoms with Crippen LogP contribution < -0.4 is 5.73 Å². The van der Waals surface area contributed by atoms with Gasteiger partial charge in [-0.05, 0) is 45.1 Å². The molecule has 1 saturated carbocycles. The zero-order chi connectivity index (χ0) is 15.5. The lowest BCUT2D eigenvalue weighted by molar-refractivity contribution is -0.201. The second kappa shape index (κ2) is 6.99. The Morgan fingerprint density at radius 1 is 1.10 bits per heavy atom. The number of carbonyl (C=O) groups is 1. The Morgan fingerprint density at radius 3 is 2.43 bits per heavy atom. The molecule has 2 aliphatic rings. The molecule has 1 saturated heterocycles. The summed E-state index contributed by atoms with van der Waals surface area (Å²) in [6.07, 6.45) is 0.960. The minimum absolute atomic E-state index is 0.0343. The van der Waals surface area contributed by atoms with Crippen LogP contribution in [0.4, 0.5) is 13.2 Å². The third-order valence-corrected chi connectivity index (χ3v) is 4.91. The van der Waals surface area contributed by atoms with Crippen molar-refractivity contribution in [3.8, 4) is 0 Å². The number of halogens is 3. The lowest BCUT2D eigenvalue weighted by Gasteiger charge is -2.41. The van der Waals surface area contributed by atoms with Gasteiger partial charge in [-0.2, -0.15) is 13.2 Å². The zero-order valence-corrected chi connectivity index (χ0v) is 12.4. The van der Waals surface area contributed by atoms with E-state index in [2.05, 4.69) is 0 Å². The molecule has 3 nitrogen and oxygen atoms in total. The van der Waals surface area contributed by atoms with E-state index in [1.165, 1.54) is 0 Å². The van der Waals surface area contributed by atoms with Gasteiger partial charge < -0.3 is 10.6 Å². The molecule has 1 aliphatic carbocycles. The van der Waals surface area contributed by atoms with Crippen LogP contribution in [0.15, 0.2) is 0 Å². The van der Waals surface area contributed by atoms with Crippen LogP contribution in [0.3, 0.4) is 0 Å². The Bertz CT molecular complexity index is 357. The molecule has 1 amide bonds. The number of nitrogens with zero attached hydrogens (tertiary/aromatic N) is 1. The molecule has 6 heteroatoms. The van der Waals surface area contributed by atoms with Crippen molar-refractivity contribution in [1.29, 1.82) is 0 Å². The molecule has 0 aromatic rings. The van der Waals surface area contributed by atoms with Crippen molar-refractivity contribution in [3.63, 3.8) is 0 Å². The molecular formula is C15H25F3N2O. The fourth-order valence-corrected chi connectivity index (χ4v) is 3.81. The molecule has 122 valence electrons. The maximum atomic E-state index is 13.2. The summed E-state index contributed by atoms with van der Waals surface area (Å²) >= 11 is 0. The molecule has 1 aliphatic heterocycles. The van der Waals surface area contributed by atoms with E-state index in [0.29, 0.717) is 32.4 Å². The van der Waals surface area contributed by atoms with E-state index >= 15 is 0 Å². The van der Waals surface area contributed by atoms with Crippen LogP contribution in [0, 0.1) is 11.8 Å². The van der Waals surface area contributed by atoms with Gasteiger partial charge in [0.2, 0.25) is 5.91 Å². The number of likely N-dealkylation sites (tertiary alicyclic amines) is 1. The first-order chi connectivity index (χ1) is 9.95. The molecular weight excluding hydrogens is 281 g/mol. The molecule has 2 rings (SSSR count). The monoisotopic (exact) mass is 306 g/mol. The standard InChI is InChI=1S/C15H25F3N2O/c16-15(17,18)13-7-2-1-6-12(13)14(21)20-10-4-3-5-11(20)8-9-19/h11-13H,1-10,19H2. The van der Waals surface area contributed by atoms with Crippen LogP contribution >= 0.6 is 0 Å². The molecule has 2 N–H and O–H groups in total. The van der Waals surface area contributed by atoms with Gasteiger partial charge in [0.05, 0.1) is 5.92 Å². The highest BCUT2D eigenvalue weighted by molar-refractivity contribution is 5.79. The van der Waals surface area contributed by atoms with Gasteiger partial charge in [0.1, 0.15) is 0 Å². The van der Waals surface area contributed by atoms with Crippen molar-refractivity contribution >= 4 is 5.91 Å². The predicted molar refractivity (Wildman–Crippen MR) is 74.5 cm³/mol. The molecule has 1 heterocycles. The second-order valence-corrected chi connectivity index (χ2v) is 6.30. The first-order valence-electron chi connectivity index (χ1n) is 8.02. The van der Waals surface area contributed by atoms with Crippen LogP contribution in [0.2, 0.25) is 0 Å². The predicted octanol–water partition coefficient (Wildman–Crippen LogP) is 3.09. The highest BCUT2D eigenvalue weighted by Gasteiger charge is 2.49. The molecule has 0 aromatic heterocycles. The van der Waals surface area contributed by atoms with Crippen LogP contribution in [0.5, 0.6) is 0 Å². The number of alkyl halides is 3. The Labute approximate surface area is 124 Å². The molecule has 21 heavy (non-hydrogen) atoms. The van der Waals surface area contributed by atoms with Crippen molar-refractivity contribution in [2.75, 3.05) is 13.1 Å². The van der Waals surface area contributed by atoms with Gasteiger partial charge in [-0.15, -0.1) is 0 Å². The number of hydrogen-bond acceptors (Lipinski definition) is 2. The van der Waals surface area contributed by atoms with Gasteiger partial charge >= 0.3 is 6.18 Å². The van der Waals surface area contributed by atoms with Gasteiger partial charge in [0, 0.05) is 18.5 Å².